The van der Waals surface area contributed by atoms with Crippen LogP contribution >= 0.6 is 0 Å². The third kappa shape index (κ3) is 4.27. The first-order chi connectivity index (χ1) is 15.2. The quantitative estimate of drug-likeness (QED) is 0.307. The molecule has 0 amide bonds. The highest BCUT2D eigenvalue weighted by molar-refractivity contribution is 5.59. The SMILES string of the molecule is COC(=O)OC1CC[C@]2(C)C(C=C[C@@H]3C4CCC(C(C)CCCC(C)C)[C@]4(C)CCC32)C1. The molecular weight excluding hydrogens is 396 g/mol. The summed E-state index contributed by atoms with van der Waals surface area (Å²) < 4.78 is 10.3. The fourth-order valence-corrected chi connectivity index (χ4v) is 8.90. The van der Waals surface area contributed by atoms with Gasteiger partial charge in [-0.05, 0) is 97.2 Å². The smallest absolute Gasteiger partial charge is 0.438 e. The molecule has 4 rings (SSSR count). The second-order valence-corrected chi connectivity index (χ2v) is 12.8. The Hall–Kier alpha value is -0.990. The van der Waals surface area contributed by atoms with Crippen LogP contribution < -0.4 is 0 Å². The minimum atomic E-state index is -0.524. The van der Waals surface area contributed by atoms with Crippen LogP contribution in [0.4, 0.5) is 4.79 Å². The van der Waals surface area contributed by atoms with Crippen LogP contribution in [0, 0.1) is 52.3 Å². The summed E-state index contributed by atoms with van der Waals surface area (Å²) in [5.41, 5.74) is 0.884. The summed E-state index contributed by atoms with van der Waals surface area (Å²) in [7, 11) is 1.40. The van der Waals surface area contributed by atoms with Gasteiger partial charge in [0.15, 0.2) is 0 Å². The Kier molecular flexibility index (Phi) is 7.04. The summed E-state index contributed by atoms with van der Waals surface area (Å²) in [6.07, 6.45) is 17.6. The monoisotopic (exact) mass is 444 g/mol. The molecule has 3 saturated carbocycles. The largest absolute Gasteiger partial charge is 0.508 e. The van der Waals surface area contributed by atoms with Crippen LogP contribution in [0.5, 0.6) is 0 Å². The molecule has 0 aromatic rings. The van der Waals surface area contributed by atoms with Crippen molar-refractivity contribution in [1.82, 2.24) is 0 Å². The lowest BCUT2D eigenvalue weighted by Crippen LogP contribution is -2.52. The minimum absolute atomic E-state index is 0.0122. The average molecular weight is 445 g/mol. The van der Waals surface area contributed by atoms with Crippen LogP contribution in [0.15, 0.2) is 12.2 Å². The lowest BCUT2D eigenvalue weighted by molar-refractivity contribution is -0.0868. The molecule has 3 heteroatoms. The van der Waals surface area contributed by atoms with Gasteiger partial charge in [-0.1, -0.05) is 66.0 Å². The first kappa shape index (κ1) is 24.1. The lowest BCUT2D eigenvalue weighted by Gasteiger charge is -2.59. The number of rotatable bonds is 6. The van der Waals surface area contributed by atoms with Gasteiger partial charge in [-0.3, -0.25) is 0 Å². The highest BCUT2D eigenvalue weighted by Gasteiger charge is 2.59. The molecule has 0 aromatic carbocycles. The molecule has 0 radical (unpaired) electrons. The van der Waals surface area contributed by atoms with Crippen molar-refractivity contribution in [3.63, 3.8) is 0 Å². The number of hydrogen-bond donors (Lipinski definition) is 0. The van der Waals surface area contributed by atoms with Gasteiger partial charge in [0.25, 0.3) is 0 Å². The summed E-state index contributed by atoms with van der Waals surface area (Å²) in [6.45, 7) is 12.5. The van der Waals surface area contributed by atoms with Gasteiger partial charge in [0.2, 0.25) is 0 Å². The van der Waals surface area contributed by atoms with Gasteiger partial charge in [-0.25, -0.2) is 4.79 Å². The molecule has 32 heavy (non-hydrogen) atoms. The molecule has 0 aromatic heterocycles. The lowest BCUT2D eigenvalue weighted by atomic mass is 9.46. The van der Waals surface area contributed by atoms with E-state index >= 15 is 0 Å². The highest BCUT2D eigenvalue weighted by Crippen LogP contribution is 2.67. The van der Waals surface area contributed by atoms with E-state index in [2.05, 4.69) is 46.8 Å². The zero-order chi connectivity index (χ0) is 23.1. The van der Waals surface area contributed by atoms with E-state index in [0.717, 1.165) is 48.3 Å². The van der Waals surface area contributed by atoms with Gasteiger partial charge >= 0.3 is 6.16 Å². The number of ether oxygens (including phenoxy) is 2. The van der Waals surface area contributed by atoms with Crippen LogP contribution in [-0.2, 0) is 9.47 Å². The molecule has 6 unspecified atom stereocenters. The molecule has 0 heterocycles. The van der Waals surface area contributed by atoms with Gasteiger partial charge in [-0.15, -0.1) is 0 Å². The second-order valence-electron chi connectivity index (χ2n) is 12.8. The standard InChI is InChI=1S/C29H48O3/c1-19(2)8-7-9-20(3)24-12-13-25-23-11-10-21-18-22(32-27(30)31-6)14-16-28(21,4)26(23)15-17-29(24,25)5/h10-11,19-26H,7-9,12-18H2,1-6H3/t20?,21?,22?,23-,24?,25?,26?,28-,29+/m1/s1. The zero-order valence-electron chi connectivity index (χ0n) is 21.6. The summed E-state index contributed by atoms with van der Waals surface area (Å²) >= 11 is 0. The Bertz CT molecular complexity index is 699. The van der Waals surface area contributed by atoms with Crippen LogP contribution in [0.2, 0.25) is 0 Å². The van der Waals surface area contributed by atoms with E-state index < -0.39 is 6.16 Å². The molecule has 0 aliphatic heterocycles. The molecule has 4 aliphatic carbocycles. The van der Waals surface area contributed by atoms with E-state index in [1.165, 1.54) is 58.5 Å². The number of fused-ring (bicyclic) bond motifs is 5. The summed E-state index contributed by atoms with van der Waals surface area (Å²) in [5, 5.41) is 0. The van der Waals surface area contributed by atoms with Gasteiger partial charge in [0.05, 0.1) is 7.11 Å². The topological polar surface area (TPSA) is 35.5 Å². The summed E-state index contributed by atoms with van der Waals surface area (Å²) in [4.78, 5) is 11.6. The molecule has 0 spiro atoms. The van der Waals surface area contributed by atoms with Crippen molar-refractivity contribution >= 4 is 6.16 Å². The summed E-state index contributed by atoms with van der Waals surface area (Å²) in [5.74, 6) is 5.54. The van der Waals surface area contributed by atoms with E-state index in [0.29, 0.717) is 16.7 Å². The van der Waals surface area contributed by atoms with E-state index in [-0.39, 0.29) is 6.10 Å². The predicted octanol–water partition coefficient (Wildman–Crippen LogP) is 8.04. The number of carbonyl (C=O) groups excluding carboxylic acids is 1. The van der Waals surface area contributed by atoms with E-state index in [9.17, 15) is 4.79 Å². The second kappa shape index (κ2) is 9.34. The van der Waals surface area contributed by atoms with Gasteiger partial charge < -0.3 is 9.47 Å². The zero-order valence-corrected chi connectivity index (χ0v) is 21.6. The van der Waals surface area contributed by atoms with Gasteiger partial charge in [0, 0.05) is 0 Å². The van der Waals surface area contributed by atoms with Crippen molar-refractivity contribution < 1.29 is 14.3 Å². The molecule has 182 valence electrons. The number of methoxy groups -OCH3 is 1. The van der Waals surface area contributed by atoms with Crippen molar-refractivity contribution in [2.45, 2.75) is 105 Å². The highest BCUT2D eigenvalue weighted by atomic mass is 16.7. The Balaban J connectivity index is 1.45. The first-order valence-electron chi connectivity index (χ1n) is 13.6. The van der Waals surface area contributed by atoms with Crippen molar-refractivity contribution in [3.8, 4) is 0 Å². The maximum Gasteiger partial charge on any atom is 0.508 e. The normalized spacial score (nSPS) is 43.8. The number of carbonyl (C=O) groups is 1. The van der Waals surface area contributed by atoms with Gasteiger partial charge in [-0.2, -0.15) is 0 Å². The summed E-state index contributed by atoms with van der Waals surface area (Å²) in [6, 6.07) is 0. The van der Waals surface area contributed by atoms with Crippen LogP contribution in [0.1, 0.15) is 98.8 Å². The van der Waals surface area contributed by atoms with Crippen LogP contribution in [0.3, 0.4) is 0 Å². The Morgan fingerprint density at radius 1 is 0.969 bits per heavy atom. The first-order valence-corrected chi connectivity index (χ1v) is 13.6. The average Bonchev–Trinajstić information content (AvgIpc) is 3.11. The van der Waals surface area contributed by atoms with Crippen molar-refractivity contribution in [2.75, 3.05) is 7.11 Å². The molecule has 0 bridgehead atoms. The van der Waals surface area contributed by atoms with Crippen LogP contribution in [0.25, 0.3) is 0 Å². The van der Waals surface area contributed by atoms with Crippen LogP contribution in [-0.4, -0.2) is 19.4 Å². The third-order valence-corrected chi connectivity index (χ3v) is 10.7. The van der Waals surface area contributed by atoms with E-state index in [1.807, 2.05) is 0 Å². The van der Waals surface area contributed by atoms with Crippen molar-refractivity contribution in [3.05, 3.63) is 12.2 Å². The number of hydrogen-bond acceptors (Lipinski definition) is 3. The third-order valence-electron chi connectivity index (χ3n) is 10.7. The Labute approximate surface area is 197 Å². The minimum Gasteiger partial charge on any atom is -0.438 e. The fraction of sp³-hybridized carbons (Fsp3) is 0.897. The Morgan fingerprint density at radius 2 is 1.69 bits per heavy atom. The van der Waals surface area contributed by atoms with Crippen molar-refractivity contribution in [1.29, 1.82) is 0 Å². The molecular formula is C29H48O3. The molecule has 3 nitrogen and oxygen atoms in total. The predicted molar refractivity (Wildman–Crippen MR) is 130 cm³/mol. The van der Waals surface area contributed by atoms with Gasteiger partial charge in [0.1, 0.15) is 6.10 Å². The van der Waals surface area contributed by atoms with Crippen molar-refractivity contribution in [2.24, 2.45) is 52.3 Å². The van der Waals surface area contributed by atoms with E-state index in [1.54, 1.807) is 0 Å². The molecule has 0 N–H and O–H groups in total. The number of allylic oxidation sites excluding steroid dienone is 2. The van der Waals surface area contributed by atoms with E-state index in [4.69, 9.17) is 9.47 Å². The fourth-order valence-electron chi connectivity index (χ4n) is 8.90. The molecule has 4 aliphatic rings. The molecule has 3 fully saturated rings. The molecule has 9 atom stereocenters. The maximum absolute atomic E-state index is 11.6. The maximum atomic E-state index is 11.6. The Morgan fingerprint density at radius 3 is 2.41 bits per heavy atom. The molecule has 0 saturated heterocycles.